The largest absolute Gasteiger partial charge is 0.444 e. The fourth-order valence-corrected chi connectivity index (χ4v) is 12.6. The van der Waals surface area contributed by atoms with Gasteiger partial charge in [0.05, 0.1) is 6.04 Å². The van der Waals surface area contributed by atoms with Crippen LogP contribution in [0.1, 0.15) is 122 Å². The maximum Gasteiger partial charge on any atom is 0.408 e. The smallest absolute Gasteiger partial charge is 0.408 e. The van der Waals surface area contributed by atoms with E-state index >= 15 is 0 Å². The van der Waals surface area contributed by atoms with Gasteiger partial charge in [0.1, 0.15) is 11.6 Å². The molecule has 0 spiro atoms. The molecule has 4 aliphatic rings. The van der Waals surface area contributed by atoms with Crippen molar-refractivity contribution in [3.8, 4) is 0 Å². The highest BCUT2D eigenvalue weighted by atomic mass is 35.5. The van der Waals surface area contributed by atoms with Crippen molar-refractivity contribution in [3.63, 3.8) is 0 Å². The third-order valence-corrected chi connectivity index (χ3v) is 17.1. The van der Waals surface area contributed by atoms with E-state index in [-0.39, 0.29) is 22.6 Å². The van der Waals surface area contributed by atoms with Gasteiger partial charge in [-0.25, -0.2) is 14.8 Å². The average Bonchev–Trinajstić information content (AvgIpc) is 4.10. The minimum atomic E-state index is -0.707. The summed E-state index contributed by atoms with van der Waals surface area (Å²) in [6.45, 7) is 10.2. The first-order valence-corrected chi connectivity index (χ1v) is 27.8. The van der Waals surface area contributed by atoms with Crippen molar-refractivity contribution in [3.05, 3.63) is 92.9 Å². The topological polar surface area (TPSA) is 155 Å². The van der Waals surface area contributed by atoms with Crippen molar-refractivity contribution in [1.29, 1.82) is 0 Å². The Hall–Kier alpha value is -3.95. The number of anilines is 2. The predicted octanol–water partition coefficient (Wildman–Crippen LogP) is 11.5. The number of hydrogen-bond acceptors (Lipinski definition) is 11. The molecule has 69 heavy (non-hydrogen) atoms. The van der Waals surface area contributed by atoms with Crippen LogP contribution in [0.5, 0.6) is 0 Å². The lowest BCUT2D eigenvalue weighted by Crippen LogP contribution is -2.55. The molecule has 376 valence electrons. The van der Waals surface area contributed by atoms with Crippen molar-refractivity contribution >= 4 is 74.0 Å². The van der Waals surface area contributed by atoms with Gasteiger partial charge in [-0.05, 0) is 137 Å². The molecule has 2 saturated heterocycles. The minimum absolute atomic E-state index is 0.0593. The number of carbonyl (C=O) groups excluding carboxylic acids is 3. The third kappa shape index (κ3) is 15.3. The summed E-state index contributed by atoms with van der Waals surface area (Å²) in [5.41, 5.74) is 8.03. The lowest BCUT2D eigenvalue weighted by molar-refractivity contribution is -0.137. The molecular formula is C53H74Cl2N8O4S2. The molecule has 4 heterocycles. The lowest BCUT2D eigenvalue weighted by atomic mass is 9.63. The number of halogens is 2. The number of aromatic nitrogens is 2. The van der Waals surface area contributed by atoms with Crippen LogP contribution in [0.3, 0.4) is 0 Å². The van der Waals surface area contributed by atoms with E-state index in [4.69, 9.17) is 33.7 Å². The number of ether oxygens (including phenoxy) is 1. The van der Waals surface area contributed by atoms with Gasteiger partial charge in [0.2, 0.25) is 11.8 Å². The Balaban J connectivity index is 0.000000208. The van der Waals surface area contributed by atoms with E-state index in [9.17, 15) is 14.4 Å². The zero-order valence-corrected chi connectivity index (χ0v) is 44.0. The number of alkyl carbamates (subject to hydrolysis) is 1. The van der Waals surface area contributed by atoms with Crippen molar-refractivity contribution in [2.75, 3.05) is 49.9 Å². The zero-order valence-electron chi connectivity index (χ0n) is 40.9. The lowest BCUT2D eigenvalue weighted by Gasteiger charge is -2.48. The Bertz CT molecular complexity index is 2180. The maximum absolute atomic E-state index is 13.8. The second-order valence-corrected chi connectivity index (χ2v) is 23.6. The minimum Gasteiger partial charge on any atom is -0.444 e. The summed E-state index contributed by atoms with van der Waals surface area (Å²) in [5.74, 6) is 1.40. The van der Waals surface area contributed by atoms with Crippen molar-refractivity contribution in [2.24, 2.45) is 28.4 Å². The molecule has 0 bridgehead atoms. The highest BCUT2D eigenvalue weighted by Gasteiger charge is 2.45. The van der Waals surface area contributed by atoms with Crippen LogP contribution in [0.15, 0.2) is 71.7 Å². The van der Waals surface area contributed by atoms with Gasteiger partial charge in [0.25, 0.3) is 0 Å². The molecule has 12 nitrogen and oxygen atoms in total. The number of likely N-dealkylation sites (tertiary alicyclic amines) is 2. The number of thiazole rings is 2. The van der Waals surface area contributed by atoms with Gasteiger partial charge < -0.3 is 36.2 Å². The van der Waals surface area contributed by atoms with E-state index in [0.29, 0.717) is 41.9 Å². The standard InChI is InChI=1S/C29H41ClN4O3S.C24H33ClN4OS/c1-28(2,3)37-27(36)33-24(19-21-9-11-23(30)12-10-21)25(35)34-16-13-29(14-17-34,22-7-5-4-6-8-22)20-32-26-31-15-18-38-26;25-20-8-6-18(7-9-20)16-21(26)22(30)29-13-10-24(11-14-29,19-4-2-1-3-5-19)17-28-23-27-12-15-31-23/h9-12,15,18,22,24H,4-8,13-14,16-17,19-20H2,1-3H3,(H,31,32)(H,33,36);6-9,12,15,19,21H,1-5,10-11,13-14,16-17,26H2,(H,27,28)/t24-;21-/m11/s1. The number of nitrogens with one attached hydrogen (secondary N) is 3. The van der Waals surface area contributed by atoms with Gasteiger partial charge >= 0.3 is 6.09 Å². The summed E-state index contributed by atoms with van der Waals surface area (Å²) in [5, 5.41) is 17.4. The number of benzene rings is 2. The Labute approximate surface area is 428 Å². The molecule has 5 N–H and O–H groups in total. The Morgan fingerprint density at radius 1 is 0.681 bits per heavy atom. The van der Waals surface area contributed by atoms with E-state index < -0.39 is 23.8 Å². The van der Waals surface area contributed by atoms with Crippen LogP contribution in [0.2, 0.25) is 10.0 Å². The van der Waals surface area contributed by atoms with E-state index in [2.05, 4.69) is 25.9 Å². The molecule has 4 fully saturated rings. The molecular weight excluding hydrogens is 948 g/mol. The van der Waals surface area contributed by atoms with Gasteiger partial charge in [-0.15, -0.1) is 22.7 Å². The van der Waals surface area contributed by atoms with E-state index in [1.54, 1.807) is 34.8 Å². The second kappa shape index (κ2) is 24.9. The number of hydrogen-bond donors (Lipinski definition) is 4. The van der Waals surface area contributed by atoms with Gasteiger partial charge in [-0.2, -0.15) is 0 Å². The van der Waals surface area contributed by atoms with Crippen LogP contribution in [0.4, 0.5) is 15.1 Å². The number of piperidine rings is 2. The summed E-state index contributed by atoms with van der Waals surface area (Å²) in [6.07, 6.45) is 21.0. The predicted molar refractivity (Wildman–Crippen MR) is 282 cm³/mol. The monoisotopic (exact) mass is 1020 g/mol. The molecule has 2 aliphatic carbocycles. The van der Waals surface area contributed by atoms with E-state index in [0.717, 1.165) is 79.2 Å². The van der Waals surface area contributed by atoms with Crippen molar-refractivity contribution < 1.29 is 19.1 Å². The number of rotatable bonds is 15. The maximum atomic E-state index is 13.8. The molecule has 0 unspecified atom stereocenters. The van der Waals surface area contributed by atoms with Gasteiger partial charge in [-0.1, -0.05) is 86.0 Å². The quantitative estimate of drug-likeness (QED) is 0.0911. The fraction of sp³-hybridized carbons (Fsp3) is 0.604. The highest BCUT2D eigenvalue weighted by Crippen LogP contribution is 2.47. The molecule has 8 rings (SSSR count). The molecule has 16 heteroatoms. The first-order valence-electron chi connectivity index (χ1n) is 25.3. The van der Waals surface area contributed by atoms with Crippen LogP contribution in [-0.4, -0.2) is 94.6 Å². The fourth-order valence-electron chi connectivity index (χ4n) is 11.3. The van der Waals surface area contributed by atoms with E-state index in [1.165, 1.54) is 64.2 Å². The molecule has 2 aromatic heterocycles. The van der Waals surface area contributed by atoms with Crippen molar-refractivity contribution in [1.82, 2.24) is 25.1 Å². The molecule has 2 atom stereocenters. The second-order valence-electron chi connectivity index (χ2n) is 20.9. The Morgan fingerprint density at radius 2 is 1.10 bits per heavy atom. The van der Waals surface area contributed by atoms with Crippen LogP contribution >= 0.6 is 45.9 Å². The molecule has 2 aliphatic heterocycles. The molecule has 2 aromatic carbocycles. The average molecular weight is 1020 g/mol. The van der Waals surface area contributed by atoms with Crippen LogP contribution < -0.4 is 21.7 Å². The molecule has 3 amide bonds. The SMILES string of the molecule is CC(C)(C)OC(=O)N[C@H](Cc1ccc(Cl)cc1)C(=O)N1CCC(CNc2nccs2)(C2CCCCC2)CC1.N[C@H](Cc1ccc(Cl)cc1)C(=O)N1CCC(CNc2nccs2)(C2CCCCC2)CC1. The Morgan fingerprint density at radius 3 is 1.51 bits per heavy atom. The molecule has 2 saturated carbocycles. The zero-order chi connectivity index (χ0) is 48.9. The van der Waals surface area contributed by atoms with Gasteiger partial charge in [-0.3, -0.25) is 9.59 Å². The Kier molecular flexibility index (Phi) is 19.1. The summed E-state index contributed by atoms with van der Waals surface area (Å²) in [4.78, 5) is 52.3. The normalized spacial score (nSPS) is 19.6. The summed E-state index contributed by atoms with van der Waals surface area (Å²) < 4.78 is 5.49. The number of carbonyl (C=O) groups is 3. The molecule has 4 aromatic rings. The van der Waals surface area contributed by atoms with Crippen LogP contribution in [0, 0.1) is 22.7 Å². The van der Waals surface area contributed by atoms with E-state index in [1.807, 2.05) is 90.1 Å². The third-order valence-electron chi connectivity index (χ3n) is 15.2. The van der Waals surface area contributed by atoms with Gasteiger partial charge in [0.15, 0.2) is 10.3 Å². The van der Waals surface area contributed by atoms with Gasteiger partial charge in [0, 0.05) is 78.9 Å². The summed E-state index contributed by atoms with van der Waals surface area (Å²) in [7, 11) is 0. The first-order chi connectivity index (χ1) is 33.2. The number of nitrogens with two attached hydrogens (primary N) is 1. The summed E-state index contributed by atoms with van der Waals surface area (Å²) >= 11 is 15.3. The number of nitrogens with zero attached hydrogens (tertiary/aromatic N) is 4. The van der Waals surface area contributed by atoms with Crippen molar-refractivity contribution in [2.45, 2.75) is 141 Å². The first kappa shape index (κ1) is 52.9. The number of amides is 3. The van der Waals surface area contributed by atoms with Crippen LogP contribution in [0.25, 0.3) is 0 Å². The highest BCUT2D eigenvalue weighted by molar-refractivity contribution is 7.13. The summed E-state index contributed by atoms with van der Waals surface area (Å²) in [6, 6.07) is 13.8. The molecule has 0 radical (unpaired) electrons. The van der Waals surface area contributed by atoms with Crippen LogP contribution in [-0.2, 0) is 27.2 Å².